The third-order valence-electron chi connectivity index (χ3n) is 3.06. The van der Waals surface area contributed by atoms with Gasteiger partial charge in [0.05, 0.1) is 0 Å². The van der Waals surface area contributed by atoms with Gasteiger partial charge in [0.1, 0.15) is 0 Å². The maximum Gasteiger partial charge on any atom is 0.227 e. The summed E-state index contributed by atoms with van der Waals surface area (Å²) in [6.07, 6.45) is 0. The molecule has 0 aliphatic rings. The second-order valence-corrected chi connectivity index (χ2v) is 4.71. The number of anilines is 1. The molecular formula is C14H22N2O. The number of rotatable bonds is 5. The molecule has 0 bridgehead atoms. The first-order valence-corrected chi connectivity index (χ1v) is 6.09. The maximum absolute atomic E-state index is 12.0. The predicted octanol–water partition coefficient (Wildman–Crippen LogP) is 2.64. The van der Waals surface area contributed by atoms with Gasteiger partial charge in [-0.15, -0.1) is 0 Å². The van der Waals surface area contributed by atoms with Gasteiger partial charge < -0.3 is 10.6 Å². The summed E-state index contributed by atoms with van der Waals surface area (Å²) in [5.74, 6) is 0.465. The summed E-state index contributed by atoms with van der Waals surface area (Å²) in [4.78, 5) is 12.0. The van der Waals surface area contributed by atoms with Crippen LogP contribution in [-0.4, -0.2) is 13.0 Å². The Labute approximate surface area is 104 Å². The minimum absolute atomic E-state index is 0.0256. The van der Waals surface area contributed by atoms with Crippen molar-refractivity contribution in [3.63, 3.8) is 0 Å². The molecule has 0 saturated carbocycles. The molecule has 0 aromatic heterocycles. The summed E-state index contributed by atoms with van der Waals surface area (Å²) in [6.45, 7) is 6.83. The van der Waals surface area contributed by atoms with Gasteiger partial charge in [-0.2, -0.15) is 0 Å². The van der Waals surface area contributed by atoms with Gasteiger partial charge in [-0.25, -0.2) is 0 Å². The van der Waals surface area contributed by atoms with Crippen molar-refractivity contribution < 1.29 is 4.79 Å². The molecule has 17 heavy (non-hydrogen) atoms. The first kappa shape index (κ1) is 13.7. The van der Waals surface area contributed by atoms with E-state index >= 15 is 0 Å². The Morgan fingerprint density at radius 3 is 2.47 bits per heavy atom. The molecule has 1 rings (SSSR count). The number of carbonyl (C=O) groups is 1. The van der Waals surface area contributed by atoms with Crippen LogP contribution in [0, 0.1) is 11.8 Å². The summed E-state index contributed by atoms with van der Waals surface area (Å²) in [7, 11) is 1.90. The fraction of sp³-hybridized carbons (Fsp3) is 0.500. The smallest absolute Gasteiger partial charge is 0.227 e. The zero-order valence-electron chi connectivity index (χ0n) is 11.1. The quantitative estimate of drug-likeness (QED) is 0.822. The highest BCUT2D eigenvalue weighted by atomic mass is 16.1. The number of amides is 1. The lowest BCUT2D eigenvalue weighted by Gasteiger charge is -2.17. The van der Waals surface area contributed by atoms with E-state index in [9.17, 15) is 4.79 Å². The molecule has 1 atom stereocenters. The molecule has 2 N–H and O–H groups in total. The summed E-state index contributed by atoms with van der Waals surface area (Å²) in [5.41, 5.74) is 2.01. The van der Waals surface area contributed by atoms with Crippen LogP contribution >= 0.6 is 0 Å². The highest BCUT2D eigenvalue weighted by Crippen LogP contribution is 2.18. The summed E-state index contributed by atoms with van der Waals surface area (Å²) < 4.78 is 0. The van der Waals surface area contributed by atoms with Gasteiger partial charge in [0.2, 0.25) is 5.91 Å². The Bertz CT molecular complexity index is 374. The van der Waals surface area contributed by atoms with Gasteiger partial charge in [0.15, 0.2) is 0 Å². The first-order chi connectivity index (χ1) is 8.06. The Morgan fingerprint density at radius 2 is 1.88 bits per heavy atom. The SMILES string of the molecule is CNCc1ccccc1NC(=O)C(C)C(C)C. The number of hydrogen-bond acceptors (Lipinski definition) is 2. The Hall–Kier alpha value is -1.35. The second kappa shape index (κ2) is 6.40. The number of para-hydroxylation sites is 1. The summed E-state index contributed by atoms with van der Waals surface area (Å²) in [6, 6.07) is 7.88. The van der Waals surface area contributed by atoms with Gasteiger partial charge in [-0.3, -0.25) is 4.79 Å². The van der Waals surface area contributed by atoms with Crippen molar-refractivity contribution in [3.05, 3.63) is 29.8 Å². The van der Waals surface area contributed by atoms with E-state index in [1.165, 1.54) is 0 Å². The zero-order chi connectivity index (χ0) is 12.8. The van der Waals surface area contributed by atoms with Crippen LogP contribution in [0.3, 0.4) is 0 Å². The average molecular weight is 234 g/mol. The fourth-order valence-corrected chi connectivity index (χ4v) is 1.54. The molecule has 1 amide bonds. The molecule has 0 fully saturated rings. The molecule has 0 radical (unpaired) electrons. The minimum atomic E-state index is 0.0256. The molecule has 0 heterocycles. The van der Waals surface area contributed by atoms with E-state index in [1.54, 1.807) is 0 Å². The lowest BCUT2D eigenvalue weighted by Crippen LogP contribution is -2.25. The third kappa shape index (κ3) is 3.86. The number of nitrogens with one attached hydrogen (secondary N) is 2. The molecule has 3 heteroatoms. The van der Waals surface area contributed by atoms with Crippen molar-refractivity contribution in [1.82, 2.24) is 5.32 Å². The van der Waals surface area contributed by atoms with E-state index in [-0.39, 0.29) is 11.8 Å². The lowest BCUT2D eigenvalue weighted by atomic mass is 9.97. The normalized spacial score (nSPS) is 12.5. The standard InChI is InChI=1S/C14H22N2O/c1-10(2)11(3)14(17)16-13-8-6-5-7-12(13)9-15-4/h5-8,10-11,15H,9H2,1-4H3,(H,16,17). The van der Waals surface area contributed by atoms with Gasteiger partial charge in [-0.05, 0) is 24.6 Å². The van der Waals surface area contributed by atoms with E-state index in [1.807, 2.05) is 38.2 Å². The predicted molar refractivity (Wildman–Crippen MR) is 71.8 cm³/mol. The Morgan fingerprint density at radius 1 is 1.24 bits per heavy atom. The van der Waals surface area contributed by atoms with Crippen molar-refractivity contribution in [3.8, 4) is 0 Å². The number of hydrogen-bond donors (Lipinski definition) is 2. The molecule has 94 valence electrons. The lowest BCUT2D eigenvalue weighted by molar-refractivity contribution is -0.120. The highest BCUT2D eigenvalue weighted by Gasteiger charge is 2.17. The van der Waals surface area contributed by atoms with Crippen molar-refractivity contribution in [2.45, 2.75) is 27.3 Å². The summed E-state index contributed by atoms with van der Waals surface area (Å²) in [5, 5.41) is 6.10. The largest absolute Gasteiger partial charge is 0.326 e. The van der Waals surface area contributed by atoms with Crippen LogP contribution in [0.2, 0.25) is 0 Å². The topological polar surface area (TPSA) is 41.1 Å². The van der Waals surface area contributed by atoms with Crippen LogP contribution in [0.15, 0.2) is 24.3 Å². The van der Waals surface area contributed by atoms with Crippen molar-refractivity contribution in [2.24, 2.45) is 11.8 Å². The monoisotopic (exact) mass is 234 g/mol. The summed E-state index contributed by atoms with van der Waals surface area (Å²) >= 11 is 0. The van der Waals surface area contributed by atoms with E-state index in [0.717, 1.165) is 17.8 Å². The second-order valence-electron chi connectivity index (χ2n) is 4.71. The molecule has 0 spiro atoms. The first-order valence-electron chi connectivity index (χ1n) is 6.09. The number of carbonyl (C=O) groups excluding carboxylic acids is 1. The van der Waals surface area contributed by atoms with Crippen LogP contribution in [-0.2, 0) is 11.3 Å². The van der Waals surface area contributed by atoms with E-state index in [2.05, 4.69) is 24.5 Å². The Kier molecular flexibility index (Phi) is 5.16. The van der Waals surface area contributed by atoms with E-state index in [4.69, 9.17) is 0 Å². The van der Waals surface area contributed by atoms with Crippen LogP contribution in [0.4, 0.5) is 5.69 Å². The fourth-order valence-electron chi connectivity index (χ4n) is 1.54. The Balaban J connectivity index is 2.77. The highest BCUT2D eigenvalue weighted by molar-refractivity contribution is 5.93. The van der Waals surface area contributed by atoms with Gasteiger partial charge >= 0.3 is 0 Å². The molecule has 1 aromatic rings. The number of benzene rings is 1. The van der Waals surface area contributed by atoms with Crippen LogP contribution in [0.5, 0.6) is 0 Å². The average Bonchev–Trinajstić information content (AvgIpc) is 2.30. The molecule has 0 aliphatic heterocycles. The van der Waals surface area contributed by atoms with Crippen LogP contribution < -0.4 is 10.6 Å². The minimum Gasteiger partial charge on any atom is -0.326 e. The van der Waals surface area contributed by atoms with Crippen molar-refractivity contribution in [2.75, 3.05) is 12.4 Å². The van der Waals surface area contributed by atoms with E-state index in [0.29, 0.717) is 5.92 Å². The molecule has 0 saturated heterocycles. The van der Waals surface area contributed by atoms with Crippen LogP contribution in [0.1, 0.15) is 26.3 Å². The third-order valence-corrected chi connectivity index (χ3v) is 3.06. The van der Waals surface area contributed by atoms with Crippen LogP contribution in [0.25, 0.3) is 0 Å². The van der Waals surface area contributed by atoms with Crippen molar-refractivity contribution in [1.29, 1.82) is 0 Å². The molecule has 1 aromatic carbocycles. The molecule has 0 aliphatic carbocycles. The molecule has 1 unspecified atom stereocenters. The van der Waals surface area contributed by atoms with Gasteiger partial charge in [0.25, 0.3) is 0 Å². The van der Waals surface area contributed by atoms with E-state index < -0.39 is 0 Å². The van der Waals surface area contributed by atoms with Gasteiger partial charge in [-0.1, -0.05) is 39.0 Å². The van der Waals surface area contributed by atoms with Crippen molar-refractivity contribution >= 4 is 11.6 Å². The molecule has 3 nitrogen and oxygen atoms in total. The zero-order valence-corrected chi connectivity index (χ0v) is 11.1. The maximum atomic E-state index is 12.0. The van der Waals surface area contributed by atoms with Gasteiger partial charge in [0, 0.05) is 18.2 Å². The molecular weight excluding hydrogens is 212 g/mol.